The zero-order chi connectivity index (χ0) is 13.7. The topological polar surface area (TPSA) is 12.0 Å². The summed E-state index contributed by atoms with van der Waals surface area (Å²) in [6, 6.07) is 6.00. The van der Waals surface area contributed by atoms with Crippen molar-refractivity contribution in [2.75, 3.05) is 12.8 Å². The number of halogens is 2. The van der Waals surface area contributed by atoms with E-state index in [1.165, 1.54) is 37.7 Å². The maximum Gasteiger partial charge on any atom is 0.0417 e. The van der Waals surface area contributed by atoms with Crippen molar-refractivity contribution in [1.29, 1.82) is 0 Å². The van der Waals surface area contributed by atoms with Crippen LogP contribution in [0.25, 0.3) is 0 Å². The minimum Gasteiger partial charge on any atom is -0.311 e. The van der Waals surface area contributed by atoms with Gasteiger partial charge in [-0.05, 0) is 36.8 Å². The van der Waals surface area contributed by atoms with Gasteiger partial charge in [-0.15, -0.1) is 0 Å². The summed E-state index contributed by atoms with van der Waals surface area (Å²) in [4.78, 5) is 0. The summed E-state index contributed by atoms with van der Waals surface area (Å²) in [5, 5.41) is 4.41. The summed E-state index contributed by atoms with van der Waals surface area (Å²) in [6.07, 6.45) is 9.13. The number of thioether (sulfide) groups is 1. The lowest BCUT2D eigenvalue weighted by atomic mass is 9.88. The molecule has 0 bridgehead atoms. The molecule has 4 heteroatoms. The monoisotopic (exact) mass is 361 g/mol. The van der Waals surface area contributed by atoms with E-state index >= 15 is 0 Å². The van der Waals surface area contributed by atoms with Gasteiger partial charge in [-0.3, -0.25) is 0 Å². The van der Waals surface area contributed by atoms with E-state index in [2.05, 4.69) is 33.6 Å². The van der Waals surface area contributed by atoms with Crippen molar-refractivity contribution in [2.24, 2.45) is 0 Å². The molecule has 1 aliphatic rings. The van der Waals surface area contributed by atoms with Crippen LogP contribution in [0.4, 0.5) is 0 Å². The number of hydrogen-bond donors (Lipinski definition) is 1. The Hall–Kier alpha value is 0.300. The molecule has 1 fully saturated rings. The molecule has 19 heavy (non-hydrogen) atoms. The normalized spacial score (nSPS) is 18.5. The van der Waals surface area contributed by atoms with Crippen LogP contribution in [-0.4, -0.2) is 17.5 Å². The molecule has 0 heterocycles. The molecule has 0 saturated heterocycles. The van der Waals surface area contributed by atoms with E-state index in [1.54, 1.807) is 0 Å². The molecule has 0 unspecified atom stereocenters. The first kappa shape index (κ1) is 15.7. The van der Waals surface area contributed by atoms with Crippen molar-refractivity contribution in [3.05, 3.63) is 33.3 Å². The Morgan fingerprint density at radius 3 is 2.68 bits per heavy atom. The number of rotatable bonds is 5. The Bertz CT molecular complexity index is 419. The van der Waals surface area contributed by atoms with Crippen molar-refractivity contribution in [3.8, 4) is 0 Å². The Morgan fingerprint density at radius 1 is 1.32 bits per heavy atom. The van der Waals surface area contributed by atoms with Crippen molar-refractivity contribution in [2.45, 2.75) is 43.4 Å². The van der Waals surface area contributed by atoms with Gasteiger partial charge in [0.05, 0.1) is 0 Å². The molecular weight excluding hydrogens is 342 g/mol. The van der Waals surface area contributed by atoms with Crippen molar-refractivity contribution >= 4 is 39.3 Å². The fourth-order valence-corrected chi connectivity index (χ4v) is 4.51. The molecule has 1 N–H and O–H groups in total. The number of benzene rings is 1. The number of hydrogen-bond acceptors (Lipinski definition) is 2. The number of nitrogens with one attached hydrogen (secondary N) is 1. The second-order valence-corrected chi connectivity index (χ2v) is 7.85. The van der Waals surface area contributed by atoms with Crippen LogP contribution in [0.5, 0.6) is 0 Å². The SMILES string of the molecule is CSC1(CNCc2ccc(Cl)cc2Br)CCCCC1. The first-order chi connectivity index (χ1) is 9.15. The predicted molar refractivity (Wildman–Crippen MR) is 90.2 cm³/mol. The Kier molecular flexibility index (Phi) is 6.07. The summed E-state index contributed by atoms with van der Waals surface area (Å²) in [6.45, 7) is 2.00. The zero-order valence-corrected chi connectivity index (χ0v) is 14.5. The third-order valence-corrected chi connectivity index (χ3v) is 6.37. The van der Waals surface area contributed by atoms with Gasteiger partial charge in [0.2, 0.25) is 0 Å². The van der Waals surface area contributed by atoms with Crippen LogP contribution in [0.1, 0.15) is 37.7 Å². The van der Waals surface area contributed by atoms with Gasteiger partial charge in [-0.25, -0.2) is 0 Å². The standard InChI is InChI=1S/C15H21BrClNS/c1-19-15(7-3-2-4-8-15)11-18-10-12-5-6-13(17)9-14(12)16/h5-6,9,18H,2-4,7-8,10-11H2,1H3. The molecule has 1 saturated carbocycles. The smallest absolute Gasteiger partial charge is 0.0417 e. The third kappa shape index (κ3) is 4.38. The second kappa shape index (κ2) is 7.35. The van der Waals surface area contributed by atoms with Crippen LogP contribution in [-0.2, 0) is 6.54 Å². The van der Waals surface area contributed by atoms with Crippen LogP contribution >= 0.6 is 39.3 Å². The minimum atomic E-state index is 0.456. The van der Waals surface area contributed by atoms with Gasteiger partial charge in [-0.2, -0.15) is 11.8 Å². The lowest BCUT2D eigenvalue weighted by Crippen LogP contribution is -2.39. The van der Waals surface area contributed by atoms with E-state index in [9.17, 15) is 0 Å². The van der Waals surface area contributed by atoms with Crippen molar-refractivity contribution < 1.29 is 0 Å². The van der Waals surface area contributed by atoms with Gasteiger partial charge in [0.25, 0.3) is 0 Å². The van der Waals surface area contributed by atoms with Crippen LogP contribution in [0.2, 0.25) is 5.02 Å². The lowest BCUT2D eigenvalue weighted by molar-refractivity contribution is 0.379. The van der Waals surface area contributed by atoms with Crippen molar-refractivity contribution in [3.63, 3.8) is 0 Å². The van der Waals surface area contributed by atoms with Gasteiger partial charge < -0.3 is 5.32 Å². The van der Waals surface area contributed by atoms with Crippen molar-refractivity contribution in [1.82, 2.24) is 5.32 Å². The van der Waals surface area contributed by atoms with Gasteiger partial charge in [0.1, 0.15) is 0 Å². The molecular formula is C15H21BrClNS. The second-order valence-electron chi connectivity index (χ2n) is 5.29. The summed E-state index contributed by atoms with van der Waals surface area (Å²) < 4.78 is 1.55. The molecule has 1 aliphatic carbocycles. The van der Waals surface area contributed by atoms with E-state index < -0.39 is 0 Å². The molecule has 1 aromatic carbocycles. The van der Waals surface area contributed by atoms with E-state index in [4.69, 9.17) is 11.6 Å². The van der Waals surface area contributed by atoms with Crippen LogP contribution in [0.3, 0.4) is 0 Å². The lowest BCUT2D eigenvalue weighted by Gasteiger charge is -2.36. The molecule has 0 spiro atoms. The third-order valence-electron chi connectivity index (χ3n) is 3.98. The fraction of sp³-hybridized carbons (Fsp3) is 0.600. The van der Waals surface area contributed by atoms with Gasteiger partial charge in [0.15, 0.2) is 0 Å². The molecule has 106 valence electrons. The molecule has 2 rings (SSSR count). The highest BCUT2D eigenvalue weighted by atomic mass is 79.9. The molecule has 0 aromatic heterocycles. The van der Waals surface area contributed by atoms with E-state index in [0.717, 1.165) is 22.6 Å². The van der Waals surface area contributed by atoms with Gasteiger partial charge in [-0.1, -0.05) is 52.9 Å². The Morgan fingerprint density at radius 2 is 2.05 bits per heavy atom. The molecule has 1 aromatic rings. The molecule has 0 radical (unpaired) electrons. The Balaban J connectivity index is 1.88. The van der Waals surface area contributed by atoms with E-state index in [1.807, 2.05) is 23.9 Å². The molecule has 0 aliphatic heterocycles. The fourth-order valence-electron chi connectivity index (χ4n) is 2.74. The summed E-state index contributed by atoms with van der Waals surface area (Å²) in [5.74, 6) is 0. The minimum absolute atomic E-state index is 0.456. The zero-order valence-electron chi connectivity index (χ0n) is 11.3. The summed E-state index contributed by atoms with van der Waals surface area (Å²) in [7, 11) is 0. The van der Waals surface area contributed by atoms with Crippen LogP contribution < -0.4 is 5.32 Å². The molecule has 0 atom stereocenters. The molecule has 1 nitrogen and oxygen atoms in total. The highest BCUT2D eigenvalue weighted by molar-refractivity contribution is 9.10. The van der Waals surface area contributed by atoms with E-state index in [0.29, 0.717) is 4.75 Å². The highest BCUT2D eigenvalue weighted by Crippen LogP contribution is 2.38. The average molecular weight is 363 g/mol. The first-order valence-corrected chi connectivity index (χ1v) is 9.25. The Labute approximate surface area is 134 Å². The summed E-state index contributed by atoms with van der Waals surface area (Å²) >= 11 is 11.6. The average Bonchev–Trinajstić information content (AvgIpc) is 2.42. The quantitative estimate of drug-likeness (QED) is 0.767. The first-order valence-electron chi connectivity index (χ1n) is 6.85. The van der Waals surface area contributed by atoms with Gasteiger partial charge in [0, 0.05) is 27.3 Å². The maximum absolute atomic E-state index is 5.96. The highest BCUT2D eigenvalue weighted by Gasteiger charge is 2.30. The predicted octanol–water partition coefficient (Wildman–Crippen LogP) is 5.26. The maximum atomic E-state index is 5.96. The van der Waals surface area contributed by atoms with Crippen LogP contribution in [0, 0.1) is 0 Å². The van der Waals surface area contributed by atoms with Gasteiger partial charge >= 0.3 is 0 Å². The molecule has 0 amide bonds. The van der Waals surface area contributed by atoms with Crippen LogP contribution in [0.15, 0.2) is 22.7 Å². The summed E-state index contributed by atoms with van der Waals surface area (Å²) in [5.41, 5.74) is 1.27. The largest absolute Gasteiger partial charge is 0.311 e. The van der Waals surface area contributed by atoms with E-state index in [-0.39, 0.29) is 0 Å².